The molecule has 0 radical (unpaired) electrons. The predicted octanol–water partition coefficient (Wildman–Crippen LogP) is 1.39. The standard InChI is InChI=1S/C20H33N5O/c1-2-21-20(23-13-16-25-14-7-4-8-15-25)24-17-19(26)22-12-11-18-9-5-3-6-10-18/h3,5-6,9-10H,2,4,7-8,11-17H2,1H3,(H,22,26)(H2,21,23,24). The van der Waals surface area contributed by atoms with Gasteiger partial charge in [0.1, 0.15) is 6.54 Å². The molecule has 1 aromatic carbocycles. The zero-order valence-electron chi connectivity index (χ0n) is 16.0. The Labute approximate surface area is 157 Å². The number of guanidine groups is 1. The van der Waals surface area contributed by atoms with E-state index in [-0.39, 0.29) is 12.5 Å². The van der Waals surface area contributed by atoms with E-state index in [1.165, 1.54) is 37.9 Å². The second-order valence-corrected chi connectivity index (χ2v) is 6.61. The van der Waals surface area contributed by atoms with Crippen LogP contribution in [0.25, 0.3) is 0 Å². The first-order valence-corrected chi connectivity index (χ1v) is 9.83. The summed E-state index contributed by atoms with van der Waals surface area (Å²) in [4.78, 5) is 18.8. The number of aliphatic imine (C=N–C) groups is 1. The molecule has 0 aromatic heterocycles. The SMILES string of the molecule is CCNC(=NCC(=O)NCCc1ccccc1)NCCN1CCCCC1. The Hall–Kier alpha value is -2.08. The molecule has 26 heavy (non-hydrogen) atoms. The summed E-state index contributed by atoms with van der Waals surface area (Å²) >= 11 is 0. The average Bonchev–Trinajstić information content (AvgIpc) is 2.68. The minimum atomic E-state index is -0.0471. The van der Waals surface area contributed by atoms with Gasteiger partial charge >= 0.3 is 0 Å². The van der Waals surface area contributed by atoms with Crippen molar-refractivity contribution in [3.63, 3.8) is 0 Å². The fourth-order valence-corrected chi connectivity index (χ4v) is 3.05. The van der Waals surface area contributed by atoms with Crippen LogP contribution in [0.4, 0.5) is 0 Å². The van der Waals surface area contributed by atoms with Crippen LogP contribution >= 0.6 is 0 Å². The molecule has 1 heterocycles. The van der Waals surface area contributed by atoms with E-state index in [9.17, 15) is 4.79 Å². The van der Waals surface area contributed by atoms with Crippen LogP contribution in [-0.2, 0) is 11.2 Å². The largest absolute Gasteiger partial charge is 0.357 e. The fourth-order valence-electron chi connectivity index (χ4n) is 3.05. The summed E-state index contributed by atoms with van der Waals surface area (Å²) in [6.45, 7) is 7.85. The maximum Gasteiger partial charge on any atom is 0.241 e. The first kappa shape index (κ1) is 20.2. The Bertz CT molecular complexity index is 540. The van der Waals surface area contributed by atoms with Gasteiger partial charge in [0, 0.05) is 26.2 Å². The van der Waals surface area contributed by atoms with Crippen molar-refractivity contribution in [2.24, 2.45) is 4.99 Å². The van der Waals surface area contributed by atoms with Gasteiger partial charge in [-0.2, -0.15) is 0 Å². The Morgan fingerprint density at radius 3 is 2.54 bits per heavy atom. The third kappa shape index (κ3) is 8.34. The number of hydrogen-bond acceptors (Lipinski definition) is 3. The molecule has 1 fully saturated rings. The van der Waals surface area contributed by atoms with Gasteiger partial charge < -0.3 is 20.9 Å². The van der Waals surface area contributed by atoms with Gasteiger partial charge in [-0.1, -0.05) is 36.8 Å². The molecule has 1 aliphatic heterocycles. The van der Waals surface area contributed by atoms with E-state index in [2.05, 4.69) is 38.0 Å². The van der Waals surface area contributed by atoms with E-state index in [0.29, 0.717) is 12.5 Å². The quantitative estimate of drug-likeness (QED) is 0.460. The Morgan fingerprint density at radius 1 is 1.04 bits per heavy atom. The van der Waals surface area contributed by atoms with Crippen molar-refractivity contribution in [2.75, 3.05) is 45.8 Å². The highest BCUT2D eigenvalue weighted by molar-refractivity contribution is 5.84. The van der Waals surface area contributed by atoms with E-state index >= 15 is 0 Å². The average molecular weight is 360 g/mol. The van der Waals surface area contributed by atoms with E-state index in [1.807, 2.05) is 25.1 Å². The smallest absolute Gasteiger partial charge is 0.241 e. The first-order chi connectivity index (χ1) is 12.8. The lowest BCUT2D eigenvalue weighted by Gasteiger charge is -2.26. The van der Waals surface area contributed by atoms with E-state index in [0.717, 1.165) is 26.1 Å². The molecule has 0 atom stereocenters. The molecule has 3 N–H and O–H groups in total. The van der Waals surface area contributed by atoms with Crippen LogP contribution in [0.5, 0.6) is 0 Å². The van der Waals surface area contributed by atoms with Crippen molar-refractivity contribution in [1.29, 1.82) is 0 Å². The zero-order valence-corrected chi connectivity index (χ0v) is 16.0. The summed E-state index contributed by atoms with van der Waals surface area (Å²) in [6, 6.07) is 10.2. The van der Waals surface area contributed by atoms with Crippen LogP contribution < -0.4 is 16.0 Å². The predicted molar refractivity (Wildman–Crippen MR) is 107 cm³/mol. The second-order valence-electron chi connectivity index (χ2n) is 6.61. The number of piperidine rings is 1. The summed E-state index contributed by atoms with van der Waals surface area (Å²) in [5.74, 6) is 0.664. The summed E-state index contributed by atoms with van der Waals surface area (Å²) in [5, 5.41) is 9.45. The highest BCUT2D eigenvalue weighted by Gasteiger charge is 2.09. The topological polar surface area (TPSA) is 68.8 Å². The van der Waals surface area contributed by atoms with Crippen molar-refractivity contribution >= 4 is 11.9 Å². The number of nitrogens with zero attached hydrogens (tertiary/aromatic N) is 2. The van der Waals surface area contributed by atoms with Gasteiger partial charge in [0.25, 0.3) is 0 Å². The van der Waals surface area contributed by atoms with Crippen molar-refractivity contribution in [3.8, 4) is 0 Å². The number of rotatable bonds is 9. The van der Waals surface area contributed by atoms with Crippen molar-refractivity contribution < 1.29 is 4.79 Å². The Morgan fingerprint density at radius 2 is 1.81 bits per heavy atom. The molecule has 6 heteroatoms. The Kier molecular flexibility index (Phi) is 9.57. The third-order valence-corrected chi connectivity index (χ3v) is 4.47. The number of amides is 1. The number of nitrogens with one attached hydrogen (secondary N) is 3. The lowest BCUT2D eigenvalue weighted by atomic mass is 10.1. The number of carbonyl (C=O) groups excluding carboxylic acids is 1. The molecule has 2 rings (SSSR count). The molecule has 144 valence electrons. The van der Waals surface area contributed by atoms with Crippen LogP contribution in [0.2, 0.25) is 0 Å². The monoisotopic (exact) mass is 359 g/mol. The van der Waals surface area contributed by atoms with Crippen molar-refractivity contribution in [3.05, 3.63) is 35.9 Å². The summed E-state index contributed by atoms with van der Waals surface area (Å²) in [5.41, 5.74) is 1.23. The van der Waals surface area contributed by atoms with E-state index in [4.69, 9.17) is 0 Å². The van der Waals surface area contributed by atoms with Crippen LogP contribution in [0.3, 0.4) is 0 Å². The maximum absolute atomic E-state index is 12.0. The molecule has 1 amide bonds. The second kappa shape index (κ2) is 12.3. The minimum Gasteiger partial charge on any atom is -0.357 e. The van der Waals surface area contributed by atoms with Gasteiger partial charge in [-0.15, -0.1) is 0 Å². The highest BCUT2D eigenvalue weighted by atomic mass is 16.1. The molecule has 0 saturated carbocycles. The van der Waals surface area contributed by atoms with Crippen LogP contribution in [0, 0.1) is 0 Å². The number of benzene rings is 1. The lowest BCUT2D eigenvalue weighted by Crippen LogP contribution is -2.43. The lowest BCUT2D eigenvalue weighted by molar-refractivity contribution is -0.119. The van der Waals surface area contributed by atoms with E-state index < -0.39 is 0 Å². The van der Waals surface area contributed by atoms with Crippen molar-refractivity contribution in [2.45, 2.75) is 32.6 Å². The molecule has 0 aliphatic carbocycles. The summed E-state index contributed by atoms with van der Waals surface area (Å²) < 4.78 is 0. The molecule has 0 bridgehead atoms. The van der Waals surface area contributed by atoms with Gasteiger partial charge in [0.2, 0.25) is 5.91 Å². The van der Waals surface area contributed by atoms with E-state index in [1.54, 1.807) is 0 Å². The molecule has 0 unspecified atom stereocenters. The Balaban J connectivity index is 1.64. The number of carbonyl (C=O) groups is 1. The van der Waals surface area contributed by atoms with Crippen LogP contribution in [0.1, 0.15) is 31.7 Å². The minimum absolute atomic E-state index is 0.0471. The van der Waals surface area contributed by atoms with Gasteiger partial charge in [-0.25, -0.2) is 4.99 Å². The molecular weight excluding hydrogens is 326 g/mol. The molecule has 0 spiro atoms. The highest BCUT2D eigenvalue weighted by Crippen LogP contribution is 2.07. The zero-order chi connectivity index (χ0) is 18.5. The molecule has 1 aromatic rings. The van der Waals surface area contributed by atoms with Crippen LogP contribution in [0.15, 0.2) is 35.3 Å². The van der Waals surface area contributed by atoms with Crippen molar-refractivity contribution in [1.82, 2.24) is 20.9 Å². The van der Waals surface area contributed by atoms with Gasteiger partial charge in [0.05, 0.1) is 0 Å². The number of hydrogen-bond donors (Lipinski definition) is 3. The van der Waals surface area contributed by atoms with Crippen LogP contribution in [-0.4, -0.2) is 62.6 Å². The number of likely N-dealkylation sites (tertiary alicyclic amines) is 1. The summed E-state index contributed by atoms with van der Waals surface area (Å²) in [6.07, 6.45) is 4.80. The third-order valence-electron chi connectivity index (χ3n) is 4.47. The normalized spacial score (nSPS) is 15.5. The maximum atomic E-state index is 12.0. The molecule has 1 aliphatic rings. The molecular formula is C20H33N5O. The molecule has 1 saturated heterocycles. The fraction of sp³-hybridized carbons (Fsp3) is 0.600. The summed E-state index contributed by atoms with van der Waals surface area (Å²) in [7, 11) is 0. The first-order valence-electron chi connectivity index (χ1n) is 9.83. The molecule has 6 nitrogen and oxygen atoms in total. The van der Waals surface area contributed by atoms with Gasteiger partial charge in [-0.05, 0) is 44.8 Å². The van der Waals surface area contributed by atoms with Gasteiger partial charge in [-0.3, -0.25) is 4.79 Å². The van der Waals surface area contributed by atoms with Gasteiger partial charge in [0.15, 0.2) is 5.96 Å².